The van der Waals surface area contributed by atoms with Gasteiger partial charge in [-0.25, -0.2) is 0 Å². The highest BCUT2D eigenvalue weighted by Gasteiger charge is 2.28. The summed E-state index contributed by atoms with van der Waals surface area (Å²) in [5, 5.41) is 0. The van der Waals surface area contributed by atoms with E-state index >= 15 is 0 Å². The molecule has 70 valence electrons. The van der Waals surface area contributed by atoms with Crippen molar-refractivity contribution < 1.29 is 4.74 Å². The molecular weight excluding hydrogens is 176 g/mol. The van der Waals surface area contributed by atoms with E-state index in [4.69, 9.17) is 10.5 Å². The predicted octanol–water partition coefficient (Wildman–Crippen LogP) is 1.11. The Labute approximate surface area is 78.8 Å². The molecule has 0 radical (unpaired) electrons. The van der Waals surface area contributed by atoms with Gasteiger partial charge >= 0.3 is 0 Å². The first kappa shape index (κ1) is 9.81. The molecule has 0 unspecified atom stereocenters. The second-order valence-electron chi connectivity index (χ2n) is 3.32. The van der Waals surface area contributed by atoms with Gasteiger partial charge in [0.05, 0.1) is 12.1 Å². The first-order valence-electron chi connectivity index (χ1n) is 4.30. The largest absolute Gasteiger partial charge is 0.386 e. The summed E-state index contributed by atoms with van der Waals surface area (Å²) in [5.74, 6) is 0.674. The highest BCUT2D eigenvalue weighted by atomic mass is 35.5. The summed E-state index contributed by atoms with van der Waals surface area (Å²) in [6.45, 7) is 0.543. The minimum Gasteiger partial charge on any atom is -0.386 e. The molecule has 1 saturated carbocycles. The first-order valence-corrected chi connectivity index (χ1v) is 4.30. The zero-order valence-corrected chi connectivity index (χ0v) is 7.85. The zero-order chi connectivity index (χ0) is 7.68. The minimum atomic E-state index is 0. The average Bonchev–Trinajstić information content (AvgIpc) is 2.04. The molecule has 0 aromatic heterocycles. The topological polar surface area (TPSA) is 47.6 Å². The van der Waals surface area contributed by atoms with E-state index in [1.54, 1.807) is 0 Å². The summed E-state index contributed by atoms with van der Waals surface area (Å²) in [6.07, 6.45) is 5.26. The number of aliphatic imine (C=N–C) groups is 1. The number of hydrogen-bond acceptors (Lipinski definition) is 3. The highest BCUT2D eigenvalue weighted by Crippen LogP contribution is 2.25. The molecule has 4 heteroatoms. The summed E-state index contributed by atoms with van der Waals surface area (Å²) >= 11 is 0. The van der Waals surface area contributed by atoms with Crippen molar-refractivity contribution >= 4 is 18.2 Å². The van der Waals surface area contributed by atoms with Crippen LogP contribution >= 0.6 is 12.4 Å². The smallest absolute Gasteiger partial charge is 0.120 e. The Morgan fingerprint density at radius 2 is 2.08 bits per heavy atom. The molecule has 2 rings (SSSR count). The van der Waals surface area contributed by atoms with E-state index in [0.29, 0.717) is 24.6 Å². The fourth-order valence-electron chi connectivity index (χ4n) is 1.86. The number of halogens is 1. The molecular formula is C8H15ClN2O. The third-order valence-corrected chi connectivity index (χ3v) is 2.44. The predicted molar refractivity (Wildman–Crippen MR) is 50.9 cm³/mol. The van der Waals surface area contributed by atoms with E-state index in [1.165, 1.54) is 19.3 Å². The lowest BCUT2D eigenvalue weighted by Crippen LogP contribution is -2.40. The number of rotatable bonds is 0. The normalized spacial score (nSPS) is 34.5. The van der Waals surface area contributed by atoms with Gasteiger partial charge in [-0.15, -0.1) is 12.4 Å². The van der Waals surface area contributed by atoms with E-state index in [0.717, 1.165) is 6.42 Å². The van der Waals surface area contributed by atoms with Crippen molar-refractivity contribution in [3.8, 4) is 0 Å². The van der Waals surface area contributed by atoms with Crippen molar-refractivity contribution in [2.24, 2.45) is 10.7 Å². The van der Waals surface area contributed by atoms with Gasteiger partial charge in [-0.1, -0.05) is 12.8 Å². The Kier molecular flexibility index (Phi) is 3.35. The van der Waals surface area contributed by atoms with Gasteiger partial charge < -0.3 is 10.5 Å². The zero-order valence-electron chi connectivity index (χ0n) is 7.03. The Hall–Kier alpha value is -0.280. The number of nitrogens with zero attached hydrogens (tertiary/aromatic N) is 1. The molecule has 2 aliphatic rings. The van der Waals surface area contributed by atoms with Crippen LogP contribution in [0.5, 0.6) is 0 Å². The van der Waals surface area contributed by atoms with Gasteiger partial charge in [0.1, 0.15) is 12.4 Å². The number of fused-ring (bicyclic) bond motifs is 1. The molecule has 0 spiro atoms. The van der Waals surface area contributed by atoms with Crippen LogP contribution in [0.2, 0.25) is 0 Å². The van der Waals surface area contributed by atoms with Crippen LogP contribution in [-0.4, -0.2) is 24.6 Å². The van der Waals surface area contributed by atoms with Crippen LogP contribution in [0.25, 0.3) is 0 Å². The van der Waals surface area contributed by atoms with E-state index in [1.807, 2.05) is 0 Å². The fourth-order valence-corrected chi connectivity index (χ4v) is 1.86. The third kappa shape index (κ3) is 1.90. The quantitative estimate of drug-likeness (QED) is 0.622. The van der Waals surface area contributed by atoms with Crippen LogP contribution in [0, 0.1) is 0 Å². The molecule has 0 amide bonds. The van der Waals surface area contributed by atoms with E-state index in [9.17, 15) is 0 Å². The molecule has 0 bridgehead atoms. The van der Waals surface area contributed by atoms with Crippen LogP contribution in [0.15, 0.2) is 4.99 Å². The number of nitrogens with two attached hydrogens (primary N) is 1. The van der Waals surface area contributed by atoms with E-state index in [-0.39, 0.29) is 12.4 Å². The summed E-state index contributed by atoms with van der Waals surface area (Å²) in [4.78, 5) is 4.37. The Morgan fingerprint density at radius 1 is 1.33 bits per heavy atom. The van der Waals surface area contributed by atoms with Crippen LogP contribution in [0.1, 0.15) is 25.7 Å². The Bertz CT molecular complexity index is 184. The summed E-state index contributed by atoms with van der Waals surface area (Å²) < 4.78 is 5.54. The molecule has 1 aliphatic carbocycles. The van der Waals surface area contributed by atoms with E-state index < -0.39 is 0 Å². The van der Waals surface area contributed by atoms with Crippen molar-refractivity contribution in [1.82, 2.24) is 0 Å². The van der Waals surface area contributed by atoms with Crippen LogP contribution < -0.4 is 5.73 Å². The van der Waals surface area contributed by atoms with Crippen LogP contribution in [0.3, 0.4) is 0 Å². The van der Waals surface area contributed by atoms with Crippen molar-refractivity contribution in [1.29, 1.82) is 0 Å². The second-order valence-corrected chi connectivity index (χ2v) is 3.32. The molecule has 2 atom stereocenters. The highest BCUT2D eigenvalue weighted by molar-refractivity contribution is 5.85. The number of amidine groups is 1. The van der Waals surface area contributed by atoms with Gasteiger partial charge in [0.2, 0.25) is 0 Å². The molecule has 12 heavy (non-hydrogen) atoms. The number of hydrogen-bond donors (Lipinski definition) is 1. The lowest BCUT2D eigenvalue weighted by molar-refractivity contribution is 0.0277. The summed E-state index contributed by atoms with van der Waals surface area (Å²) in [5.41, 5.74) is 5.57. The Balaban J connectivity index is 0.000000720. The van der Waals surface area contributed by atoms with Crippen LogP contribution in [-0.2, 0) is 4.74 Å². The molecule has 0 aromatic rings. The van der Waals surface area contributed by atoms with Gasteiger partial charge in [0.15, 0.2) is 0 Å². The lowest BCUT2D eigenvalue weighted by Gasteiger charge is -2.32. The van der Waals surface area contributed by atoms with Gasteiger partial charge in [-0.2, -0.15) is 0 Å². The van der Waals surface area contributed by atoms with Crippen LogP contribution in [0.4, 0.5) is 0 Å². The summed E-state index contributed by atoms with van der Waals surface area (Å²) in [7, 11) is 0. The van der Waals surface area contributed by atoms with E-state index in [2.05, 4.69) is 4.99 Å². The summed E-state index contributed by atoms with van der Waals surface area (Å²) in [6, 6.07) is 0.373. The number of ether oxygens (including phenoxy) is 1. The Morgan fingerprint density at radius 3 is 2.92 bits per heavy atom. The van der Waals surface area contributed by atoms with Crippen molar-refractivity contribution in [2.45, 2.75) is 37.8 Å². The maximum Gasteiger partial charge on any atom is 0.120 e. The SMILES string of the molecule is Cl.NC1=N[C@@H]2CCCC[C@@H]2OC1. The molecule has 1 fully saturated rings. The second kappa shape index (κ2) is 4.10. The van der Waals surface area contributed by atoms with Gasteiger partial charge in [0, 0.05) is 0 Å². The third-order valence-electron chi connectivity index (χ3n) is 2.44. The molecule has 1 aliphatic heterocycles. The molecule has 1 heterocycles. The molecule has 3 nitrogen and oxygen atoms in total. The van der Waals surface area contributed by atoms with Gasteiger partial charge in [-0.3, -0.25) is 4.99 Å². The van der Waals surface area contributed by atoms with Crippen molar-refractivity contribution in [2.75, 3.05) is 6.61 Å². The van der Waals surface area contributed by atoms with Gasteiger partial charge in [0.25, 0.3) is 0 Å². The molecule has 0 aromatic carbocycles. The maximum atomic E-state index is 5.57. The average molecular weight is 191 g/mol. The minimum absolute atomic E-state index is 0. The molecule has 0 saturated heterocycles. The monoisotopic (exact) mass is 190 g/mol. The van der Waals surface area contributed by atoms with Gasteiger partial charge in [-0.05, 0) is 12.8 Å². The molecule has 2 N–H and O–H groups in total. The van der Waals surface area contributed by atoms with Crippen molar-refractivity contribution in [3.63, 3.8) is 0 Å². The maximum absolute atomic E-state index is 5.57. The first-order chi connectivity index (χ1) is 5.36. The fraction of sp³-hybridized carbons (Fsp3) is 0.875. The van der Waals surface area contributed by atoms with Crippen molar-refractivity contribution in [3.05, 3.63) is 0 Å². The standard InChI is InChI=1S/C8H14N2O.ClH/c9-8-5-11-7-4-2-1-3-6(7)10-8;/h6-7H,1-5H2,(H2,9,10);1H/t6-,7+;/m1./s1. The lowest BCUT2D eigenvalue weighted by atomic mass is 9.92.